The smallest absolute Gasteiger partial charge is 0.389 e. The second-order valence-electron chi connectivity index (χ2n) is 6.30. The molecule has 0 aromatic carbocycles. The van der Waals surface area contributed by atoms with Crippen LogP contribution in [0.5, 0.6) is 0 Å². The lowest BCUT2D eigenvalue weighted by Gasteiger charge is -2.33. The molecule has 5 nitrogen and oxygen atoms in total. The summed E-state index contributed by atoms with van der Waals surface area (Å²) in [6.07, 6.45) is -4.28. The molecule has 0 saturated heterocycles. The quantitative estimate of drug-likeness (QED) is 0.379. The van der Waals surface area contributed by atoms with E-state index in [0.717, 1.165) is 0 Å². The van der Waals surface area contributed by atoms with E-state index in [9.17, 15) is 33.6 Å². The highest BCUT2D eigenvalue weighted by atomic mass is 19.4. The zero-order valence-electron chi connectivity index (χ0n) is 13.6. The van der Waals surface area contributed by atoms with Crippen LogP contribution in [0.4, 0.5) is 13.2 Å². The second kappa shape index (κ2) is 10.5. The molecular formula is C15H29F3O5. The van der Waals surface area contributed by atoms with Crippen molar-refractivity contribution in [1.82, 2.24) is 0 Å². The first-order valence-corrected chi connectivity index (χ1v) is 7.80. The van der Waals surface area contributed by atoms with Crippen molar-refractivity contribution in [3.05, 3.63) is 0 Å². The molecule has 23 heavy (non-hydrogen) atoms. The Bertz CT molecular complexity index is 300. The molecule has 0 heterocycles. The third-order valence-electron chi connectivity index (χ3n) is 4.25. The van der Waals surface area contributed by atoms with E-state index in [0.29, 0.717) is 12.8 Å². The SMILES string of the molecule is CCCC(CO)(CCC(F)(F)F)COCCC(CO)(CO)CO. The van der Waals surface area contributed by atoms with Gasteiger partial charge >= 0.3 is 6.18 Å². The number of alkyl halides is 3. The summed E-state index contributed by atoms with van der Waals surface area (Å²) in [5.74, 6) is 0. The van der Waals surface area contributed by atoms with Gasteiger partial charge in [-0.2, -0.15) is 13.2 Å². The van der Waals surface area contributed by atoms with Crippen LogP contribution in [0.2, 0.25) is 0 Å². The van der Waals surface area contributed by atoms with Crippen LogP contribution in [0, 0.1) is 10.8 Å². The number of aliphatic hydroxyl groups excluding tert-OH is 4. The summed E-state index contributed by atoms with van der Waals surface area (Å²) in [6, 6.07) is 0. The highest BCUT2D eigenvalue weighted by Crippen LogP contribution is 2.35. The molecule has 0 bridgehead atoms. The third-order valence-corrected chi connectivity index (χ3v) is 4.25. The molecule has 0 amide bonds. The number of hydrogen-bond acceptors (Lipinski definition) is 5. The van der Waals surface area contributed by atoms with Crippen molar-refractivity contribution in [3.8, 4) is 0 Å². The van der Waals surface area contributed by atoms with Crippen LogP contribution in [-0.4, -0.2) is 66.2 Å². The molecule has 0 aliphatic heterocycles. The average molecular weight is 346 g/mol. The molecule has 1 atom stereocenters. The van der Waals surface area contributed by atoms with Crippen molar-refractivity contribution in [1.29, 1.82) is 0 Å². The molecule has 0 fully saturated rings. The zero-order chi connectivity index (χ0) is 18.0. The zero-order valence-corrected chi connectivity index (χ0v) is 13.6. The van der Waals surface area contributed by atoms with Crippen molar-refractivity contribution in [3.63, 3.8) is 0 Å². The van der Waals surface area contributed by atoms with Crippen molar-refractivity contribution in [2.75, 3.05) is 39.6 Å². The summed E-state index contributed by atoms with van der Waals surface area (Å²) < 4.78 is 42.7. The topological polar surface area (TPSA) is 90.2 Å². The standard InChI is InChI=1S/C15H29F3O5/c1-2-3-13(8-19,4-5-15(16,17)18)12-23-7-6-14(9-20,10-21)11-22/h19-22H,2-12H2,1H3. The Morgan fingerprint density at radius 3 is 1.65 bits per heavy atom. The third kappa shape index (κ3) is 8.30. The van der Waals surface area contributed by atoms with E-state index in [1.54, 1.807) is 0 Å². The van der Waals surface area contributed by atoms with E-state index >= 15 is 0 Å². The lowest BCUT2D eigenvalue weighted by atomic mass is 9.80. The van der Waals surface area contributed by atoms with Gasteiger partial charge in [0.2, 0.25) is 0 Å². The van der Waals surface area contributed by atoms with Gasteiger partial charge in [-0.15, -0.1) is 0 Å². The largest absolute Gasteiger partial charge is 0.396 e. The minimum Gasteiger partial charge on any atom is -0.396 e. The van der Waals surface area contributed by atoms with E-state index in [1.165, 1.54) is 0 Å². The number of aliphatic hydroxyl groups is 4. The van der Waals surface area contributed by atoms with Crippen molar-refractivity contribution < 1.29 is 38.3 Å². The Morgan fingerprint density at radius 2 is 1.26 bits per heavy atom. The molecule has 0 aromatic rings. The highest BCUT2D eigenvalue weighted by molar-refractivity contribution is 4.80. The molecule has 0 aliphatic rings. The van der Waals surface area contributed by atoms with Crippen molar-refractivity contribution >= 4 is 0 Å². The maximum atomic E-state index is 12.4. The van der Waals surface area contributed by atoms with E-state index in [-0.39, 0.29) is 26.1 Å². The summed E-state index contributed by atoms with van der Waals surface area (Å²) in [5, 5.41) is 37.1. The Morgan fingerprint density at radius 1 is 0.739 bits per heavy atom. The van der Waals surface area contributed by atoms with Gasteiger partial charge < -0.3 is 25.2 Å². The number of ether oxygens (including phenoxy) is 1. The predicted octanol–water partition coefficient (Wildman–Crippen LogP) is 1.48. The van der Waals surface area contributed by atoms with Crippen LogP contribution < -0.4 is 0 Å². The minimum atomic E-state index is -4.28. The number of hydrogen-bond donors (Lipinski definition) is 4. The van der Waals surface area contributed by atoms with Gasteiger partial charge in [0.15, 0.2) is 0 Å². The van der Waals surface area contributed by atoms with Crippen molar-refractivity contribution in [2.45, 2.75) is 45.2 Å². The average Bonchev–Trinajstić information content (AvgIpc) is 2.52. The summed E-state index contributed by atoms with van der Waals surface area (Å²) in [6.45, 7) is 0.200. The molecule has 0 spiro atoms. The van der Waals surface area contributed by atoms with Crippen LogP contribution in [0.1, 0.15) is 39.0 Å². The maximum absolute atomic E-state index is 12.4. The van der Waals surface area contributed by atoms with E-state index in [1.807, 2.05) is 6.92 Å². The molecule has 0 saturated carbocycles. The van der Waals surface area contributed by atoms with E-state index in [2.05, 4.69) is 0 Å². The Labute approximate surface area is 135 Å². The normalized spacial score (nSPS) is 15.7. The summed E-state index contributed by atoms with van der Waals surface area (Å²) in [4.78, 5) is 0. The van der Waals surface area contributed by atoms with Crippen LogP contribution in [-0.2, 0) is 4.74 Å². The van der Waals surface area contributed by atoms with Crippen LogP contribution in [0.25, 0.3) is 0 Å². The first kappa shape index (κ1) is 22.6. The first-order valence-electron chi connectivity index (χ1n) is 7.80. The van der Waals surface area contributed by atoms with Gasteiger partial charge in [-0.05, 0) is 19.3 Å². The van der Waals surface area contributed by atoms with Gasteiger partial charge in [0.25, 0.3) is 0 Å². The Balaban J connectivity index is 4.55. The minimum absolute atomic E-state index is 0.0359. The molecular weight excluding hydrogens is 317 g/mol. The molecule has 0 rings (SSSR count). The van der Waals surface area contributed by atoms with Gasteiger partial charge in [0, 0.05) is 23.9 Å². The van der Waals surface area contributed by atoms with Crippen LogP contribution in [0.15, 0.2) is 0 Å². The van der Waals surface area contributed by atoms with E-state index < -0.39 is 49.9 Å². The molecule has 0 aliphatic carbocycles. The van der Waals surface area contributed by atoms with Crippen LogP contribution in [0.3, 0.4) is 0 Å². The fraction of sp³-hybridized carbons (Fsp3) is 1.00. The van der Waals surface area contributed by atoms with Gasteiger partial charge in [0.1, 0.15) is 0 Å². The lowest BCUT2D eigenvalue weighted by molar-refractivity contribution is -0.146. The predicted molar refractivity (Wildman–Crippen MR) is 78.8 cm³/mol. The summed E-state index contributed by atoms with van der Waals surface area (Å²) >= 11 is 0. The number of rotatable bonds is 13. The van der Waals surface area contributed by atoms with Crippen LogP contribution >= 0.6 is 0 Å². The Kier molecular flexibility index (Phi) is 10.3. The fourth-order valence-electron chi connectivity index (χ4n) is 2.37. The first-order chi connectivity index (χ1) is 10.7. The van der Waals surface area contributed by atoms with E-state index in [4.69, 9.17) is 4.74 Å². The van der Waals surface area contributed by atoms with Crippen molar-refractivity contribution in [2.24, 2.45) is 10.8 Å². The molecule has 0 aromatic heterocycles. The fourth-order valence-corrected chi connectivity index (χ4v) is 2.37. The maximum Gasteiger partial charge on any atom is 0.389 e. The molecule has 8 heteroatoms. The summed E-state index contributed by atoms with van der Waals surface area (Å²) in [7, 11) is 0. The molecule has 4 N–H and O–H groups in total. The molecule has 1 unspecified atom stereocenters. The van der Waals surface area contributed by atoms with Gasteiger partial charge in [-0.25, -0.2) is 0 Å². The second-order valence-corrected chi connectivity index (χ2v) is 6.30. The number of halogens is 3. The monoisotopic (exact) mass is 346 g/mol. The lowest BCUT2D eigenvalue weighted by Crippen LogP contribution is -2.37. The van der Waals surface area contributed by atoms with Gasteiger partial charge in [0.05, 0.1) is 33.0 Å². The van der Waals surface area contributed by atoms with Gasteiger partial charge in [-0.1, -0.05) is 13.3 Å². The summed E-state index contributed by atoms with van der Waals surface area (Å²) in [5.41, 5.74) is -2.02. The molecule has 0 radical (unpaired) electrons. The van der Waals surface area contributed by atoms with Gasteiger partial charge in [-0.3, -0.25) is 0 Å². The Hall–Kier alpha value is -0.410. The highest BCUT2D eigenvalue weighted by Gasteiger charge is 2.36. The molecule has 140 valence electrons.